The van der Waals surface area contributed by atoms with E-state index in [9.17, 15) is 16.8 Å². The van der Waals surface area contributed by atoms with Gasteiger partial charge in [0.1, 0.15) is 5.76 Å². The SMILES string of the molecule is Cc1cc(NS(=O)(=O)c2cccc(S(C)(=O)=O)c2)no1. The molecule has 0 spiro atoms. The third-order valence-electron chi connectivity index (χ3n) is 2.41. The molecule has 9 heteroatoms. The number of benzene rings is 1. The van der Waals surface area contributed by atoms with Crippen LogP contribution in [0.15, 0.2) is 44.6 Å². The molecule has 0 unspecified atom stereocenters. The second-order valence-corrected chi connectivity index (χ2v) is 7.87. The highest BCUT2D eigenvalue weighted by Gasteiger charge is 2.18. The lowest BCUT2D eigenvalue weighted by Gasteiger charge is -2.06. The van der Waals surface area contributed by atoms with Crippen LogP contribution in [-0.4, -0.2) is 28.2 Å². The number of hydrogen-bond donors (Lipinski definition) is 1. The molecule has 0 saturated carbocycles. The summed E-state index contributed by atoms with van der Waals surface area (Å²) < 4.78 is 54.0. The van der Waals surface area contributed by atoms with Crippen molar-refractivity contribution >= 4 is 25.7 Å². The fourth-order valence-electron chi connectivity index (χ4n) is 1.48. The first-order valence-electron chi connectivity index (χ1n) is 5.45. The van der Waals surface area contributed by atoms with Crippen LogP contribution in [0.25, 0.3) is 0 Å². The Labute approximate surface area is 116 Å². The molecule has 0 fully saturated rings. The smallest absolute Gasteiger partial charge is 0.263 e. The molecule has 20 heavy (non-hydrogen) atoms. The van der Waals surface area contributed by atoms with Crippen LogP contribution in [-0.2, 0) is 19.9 Å². The molecular weight excluding hydrogens is 304 g/mol. The molecule has 0 aliphatic rings. The first-order chi connectivity index (χ1) is 9.18. The van der Waals surface area contributed by atoms with E-state index >= 15 is 0 Å². The Hall–Kier alpha value is -1.87. The molecular formula is C11H12N2O5S2. The van der Waals surface area contributed by atoms with Crippen LogP contribution in [0.3, 0.4) is 0 Å². The lowest BCUT2D eigenvalue weighted by atomic mass is 10.4. The molecule has 1 aromatic carbocycles. The van der Waals surface area contributed by atoms with Gasteiger partial charge in [-0.2, -0.15) is 0 Å². The maximum atomic E-state index is 12.1. The predicted molar refractivity (Wildman–Crippen MR) is 71.6 cm³/mol. The van der Waals surface area contributed by atoms with E-state index in [0.717, 1.165) is 12.3 Å². The number of sulfone groups is 1. The van der Waals surface area contributed by atoms with Crippen molar-refractivity contribution in [2.45, 2.75) is 16.7 Å². The third kappa shape index (κ3) is 3.17. The Morgan fingerprint density at radius 2 is 1.75 bits per heavy atom. The van der Waals surface area contributed by atoms with Crippen molar-refractivity contribution in [3.63, 3.8) is 0 Å². The minimum Gasteiger partial charge on any atom is -0.360 e. The number of nitrogens with zero attached hydrogens (tertiary/aromatic N) is 1. The predicted octanol–water partition coefficient (Wildman–Crippen LogP) is 1.19. The number of aromatic nitrogens is 1. The molecule has 0 aliphatic heterocycles. The molecule has 7 nitrogen and oxygen atoms in total. The summed E-state index contributed by atoms with van der Waals surface area (Å²) in [6.45, 7) is 1.62. The van der Waals surface area contributed by atoms with Gasteiger partial charge >= 0.3 is 0 Å². The van der Waals surface area contributed by atoms with Gasteiger partial charge in [-0.15, -0.1) is 0 Å². The molecule has 1 aromatic heterocycles. The molecule has 0 aliphatic carbocycles. The van der Waals surface area contributed by atoms with Gasteiger partial charge in [0, 0.05) is 12.3 Å². The van der Waals surface area contributed by atoms with Crippen molar-refractivity contribution in [3.8, 4) is 0 Å². The van der Waals surface area contributed by atoms with Crippen molar-refractivity contribution in [2.24, 2.45) is 0 Å². The molecule has 0 radical (unpaired) electrons. The fraction of sp³-hybridized carbons (Fsp3) is 0.182. The van der Waals surface area contributed by atoms with Crippen molar-refractivity contribution in [3.05, 3.63) is 36.1 Å². The van der Waals surface area contributed by atoms with Crippen LogP contribution in [0.2, 0.25) is 0 Å². The lowest BCUT2D eigenvalue weighted by molar-refractivity contribution is 0.400. The molecule has 0 amide bonds. The maximum absolute atomic E-state index is 12.1. The van der Waals surface area contributed by atoms with E-state index < -0.39 is 19.9 Å². The molecule has 108 valence electrons. The minimum atomic E-state index is -3.92. The fourth-order valence-corrected chi connectivity index (χ4v) is 3.25. The van der Waals surface area contributed by atoms with Gasteiger partial charge in [0.15, 0.2) is 15.7 Å². The summed E-state index contributed by atoms with van der Waals surface area (Å²) in [6, 6.07) is 6.49. The van der Waals surface area contributed by atoms with Crippen molar-refractivity contribution in [2.75, 3.05) is 11.0 Å². The molecule has 0 saturated heterocycles. The van der Waals surface area contributed by atoms with Gasteiger partial charge in [0.2, 0.25) is 0 Å². The molecule has 0 atom stereocenters. The van der Waals surface area contributed by atoms with Gasteiger partial charge in [-0.1, -0.05) is 11.2 Å². The highest BCUT2D eigenvalue weighted by atomic mass is 32.2. The molecule has 2 rings (SSSR count). The van der Waals surface area contributed by atoms with Crippen LogP contribution in [0.1, 0.15) is 5.76 Å². The third-order valence-corrected chi connectivity index (χ3v) is 4.87. The van der Waals surface area contributed by atoms with Gasteiger partial charge in [0.05, 0.1) is 9.79 Å². The average molecular weight is 316 g/mol. The van der Waals surface area contributed by atoms with E-state index in [0.29, 0.717) is 5.76 Å². The zero-order valence-electron chi connectivity index (χ0n) is 10.7. The van der Waals surface area contributed by atoms with E-state index in [1.54, 1.807) is 6.92 Å². The van der Waals surface area contributed by atoms with E-state index in [-0.39, 0.29) is 15.6 Å². The van der Waals surface area contributed by atoms with E-state index in [1.165, 1.54) is 24.3 Å². The van der Waals surface area contributed by atoms with E-state index in [1.807, 2.05) is 0 Å². The lowest BCUT2D eigenvalue weighted by Crippen LogP contribution is -2.13. The normalized spacial score (nSPS) is 12.3. The summed E-state index contributed by atoms with van der Waals surface area (Å²) in [4.78, 5) is -0.238. The average Bonchev–Trinajstić information content (AvgIpc) is 2.73. The Bertz CT molecular complexity index is 837. The minimum absolute atomic E-state index is 0.0345. The highest BCUT2D eigenvalue weighted by Crippen LogP contribution is 2.19. The first kappa shape index (κ1) is 14.5. The first-order valence-corrected chi connectivity index (χ1v) is 8.82. The summed E-state index contributed by atoms with van der Waals surface area (Å²) >= 11 is 0. The zero-order valence-corrected chi connectivity index (χ0v) is 12.3. The Kier molecular flexibility index (Phi) is 3.57. The summed E-state index contributed by atoms with van der Waals surface area (Å²) in [7, 11) is -7.40. The van der Waals surface area contributed by atoms with Gasteiger partial charge in [0.25, 0.3) is 10.0 Å². The zero-order chi connectivity index (χ0) is 15.0. The van der Waals surface area contributed by atoms with Gasteiger partial charge in [-0.3, -0.25) is 4.72 Å². The van der Waals surface area contributed by atoms with Crippen LogP contribution < -0.4 is 4.72 Å². The van der Waals surface area contributed by atoms with Crippen LogP contribution in [0.4, 0.5) is 5.82 Å². The number of nitrogens with one attached hydrogen (secondary N) is 1. The summed E-state index contributed by atoms with van der Waals surface area (Å²) in [6.07, 6.45) is 1.01. The summed E-state index contributed by atoms with van der Waals surface area (Å²) in [5.41, 5.74) is 0. The Balaban J connectivity index is 2.40. The Morgan fingerprint density at radius 3 is 2.30 bits per heavy atom. The molecule has 1 heterocycles. The number of anilines is 1. The second kappa shape index (κ2) is 4.91. The topological polar surface area (TPSA) is 106 Å². The van der Waals surface area contributed by atoms with Crippen molar-refractivity contribution in [1.82, 2.24) is 5.16 Å². The number of hydrogen-bond acceptors (Lipinski definition) is 6. The molecule has 1 N–H and O–H groups in total. The molecule has 2 aromatic rings. The maximum Gasteiger partial charge on any atom is 0.263 e. The van der Waals surface area contributed by atoms with Crippen molar-refractivity contribution < 1.29 is 21.4 Å². The standard InChI is InChI=1S/C11H12N2O5S2/c1-8-6-11(12-18-8)13-20(16,17)10-5-3-4-9(7-10)19(2,14)15/h3-7H,1-2H3,(H,12,13). The second-order valence-electron chi connectivity index (χ2n) is 4.18. The Morgan fingerprint density at radius 1 is 1.10 bits per heavy atom. The largest absolute Gasteiger partial charge is 0.360 e. The summed E-state index contributed by atoms with van der Waals surface area (Å²) in [5.74, 6) is 0.486. The molecule has 0 bridgehead atoms. The van der Waals surface area contributed by atoms with E-state index in [2.05, 4.69) is 9.88 Å². The number of sulfonamides is 1. The van der Waals surface area contributed by atoms with Crippen molar-refractivity contribution in [1.29, 1.82) is 0 Å². The number of aryl methyl sites for hydroxylation is 1. The van der Waals surface area contributed by atoms with Crippen LogP contribution in [0, 0.1) is 6.92 Å². The van der Waals surface area contributed by atoms with Crippen LogP contribution >= 0.6 is 0 Å². The number of rotatable bonds is 4. The summed E-state index contributed by atoms with van der Waals surface area (Å²) in [5, 5.41) is 3.51. The van der Waals surface area contributed by atoms with Gasteiger partial charge in [-0.05, 0) is 25.1 Å². The highest BCUT2D eigenvalue weighted by molar-refractivity contribution is 7.93. The quantitative estimate of drug-likeness (QED) is 0.908. The van der Waals surface area contributed by atoms with E-state index in [4.69, 9.17) is 4.52 Å². The van der Waals surface area contributed by atoms with Crippen LogP contribution in [0.5, 0.6) is 0 Å². The van der Waals surface area contributed by atoms with Gasteiger partial charge < -0.3 is 4.52 Å². The van der Waals surface area contributed by atoms with Gasteiger partial charge in [-0.25, -0.2) is 16.8 Å². The monoisotopic (exact) mass is 316 g/mol.